The number of halogens is 2. The minimum Gasteiger partial charge on any atom is -1.00 e. The smallest absolute Gasteiger partial charge is 1.00 e. The van der Waals surface area contributed by atoms with Crippen molar-refractivity contribution >= 4 is 11.1 Å². The van der Waals surface area contributed by atoms with Gasteiger partial charge in [-0.15, -0.1) is 0 Å². The van der Waals surface area contributed by atoms with Crippen molar-refractivity contribution in [2.24, 2.45) is 0 Å². The molecule has 2 aliphatic carbocycles. The Bertz CT molecular complexity index is 867. The van der Waals surface area contributed by atoms with Crippen LogP contribution in [0.5, 0.6) is 0 Å². The summed E-state index contributed by atoms with van der Waals surface area (Å²) in [5, 5.41) is 0. The van der Waals surface area contributed by atoms with Crippen molar-refractivity contribution in [2.75, 3.05) is 0 Å². The van der Waals surface area contributed by atoms with Gasteiger partial charge < -0.3 is 24.8 Å². The Hall–Kier alpha value is -1.28. The Labute approximate surface area is 177 Å². The van der Waals surface area contributed by atoms with E-state index in [0.717, 1.165) is 0 Å². The molecule has 5 rings (SSSR count). The summed E-state index contributed by atoms with van der Waals surface area (Å²) in [6.45, 7) is 0. The van der Waals surface area contributed by atoms with E-state index < -0.39 is 20.3 Å². The molecule has 1 saturated heterocycles. The van der Waals surface area contributed by atoms with Crippen LogP contribution in [0.15, 0.2) is 79.9 Å². The van der Waals surface area contributed by atoms with Gasteiger partial charge >= 0.3 is 154 Å². The maximum atomic E-state index is 4.19. The van der Waals surface area contributed by atoms with Crippen LogP contribution in [-0.4, -0.2) is 9.97 Å². The van der Waals surface area contributed by atoms with E-state index in [2.05, 4.69) is 58.5 Å². The Morgan fingerprint density at radius 1 is 0.630 bits per heavy atom. The normalized spacial score (nSPS) is 17.9. The van der Waals surface area contributed by atoms with Gasteiger partial charge in [-0.2, -0.15) is 0 Å². The Kier molecular flexibility index (Phi) is 6.36. The first-order chi connectivity index (χ1) is 12.4. The van der Waals surface area contributed by atoms with Gasteiger partial charge in [0.2, 0.25) is 0 Å². The van der Waals surface area contributed by atoms with Crippen molar-refractivity contribution in [2.45, 2.75) is 21.1 Å². The van der Waals surface area contributed by atoms with E-state index in [-0.39, 0.29) is 24.8 Å². The summed E-state index contributed by atoms with van der Waals surface area (Å²) < 4.78 is 6.58. The molecule has 0 saturated carbocycles. The molecule has 0 spiro atoms. The standard InChI is InChI=1S/2C10H8N.C2H4.2ClH.Zr/c2*1-2-4-9(3-1)10-5-7-11-8-6-10;1-2;;;/h2*1,3,5-8H,2H2;1-2H2;2*1H;/q;;;;;+2/p-2. The van der Waals surface area contributed by atoms with Crippen LogP contribution in [0.25, 0.3) is 11.1 Å². The third-order valence-electron chi connectivity index (χ3n) is 5.75. The number of hydrogen-bond donors (Lipinski definition) is 0. The molecule has 0 N–H and O–H groups in total. The van der Waals surface area contributed by atoms with Gasteiger partial charge in [-0.1, -0.05) is 0 Å². The summed E-state index contributed by atoms with van der Waals surface area (Å²) in [6, 6.07) is 8.66. The summed E-state index contributed by atoms with van der Waals surface area (Å²) >= 11 is -2.38. The summed E-state index contributed by atoms with van der Waals surface area (Å²) in [5.74, 6) is 0. The minimum absolute atomic E-state index is 0. The Balaban J connectivity index is 0.00000105. The average Bonchev–Trinajstić information content (AvgIpc) is 3.12. The van der Waals surface area contributed by atoms with Crippen LogP contribution < -0.4 is 24.8 Å². The summed E-state index contributed by atoms with van der Waals surface area (Å²) in [6.07, 6.45) is 19.5. The third kappa shape index (κ3) is 3.58. The zero-order chi connectivity index (χ0) is 16.7. The van der Waals surface area contributed by atoms with Crippen molar-refractivity contribution in [1.82, 2.24) is 9.97 Å². The van der Waals surface area contributed by atoms with Gasteiger partial charge in [0.1, 0.15) is 0 Å². The number of pyridine rings is 2. The van der Waals surface area contributed by atoms with Crippen molar-refractivity contribution in [3.05, 3.63) is 91.0 Å². The molecule has 1 fully saturated rings. The number of allylic oxidation sites excluding steroid dienone is 8. The van der Waals surface area contributed by atoms with E-state index >= 15 is 0 Å². The Morgan fingerprint density at radius 3 is 1.41 bits per heavy atom. The van der Waals surface area contributed by atoms with Crippen molar-refractivity contribution in [3.63, 3.8) is 0 Å². The van der Waals surface area contributed by atoms with Crippen LogP contribution in [0.3, 0.4) is 0 Å². The molecule has 27 heavy (non-hydrogen) atoms. The molecule has 2 aromatic rings. The van der Waals surface area contributed by atoms with Gasteiger partial charge in [-0.25, -0.2) is 0 Å². The zero-order valence-corrected chi connectivity index (χ0v) is 18.9. The second-order valence-electron chi connectivity index (χ2n) is 7.05. The third-order valence-corrected chi connectivity index (χ3v) is 17.4. The number of nitrogens with zero attached hydrogens (tertiary/aromatic N) is 2. The van der Waals surface area contributed by atoms with Gasteiger partial charge in [0.15, 0.2) is 0 Å². The molecule has 0 unspecified atom stereocenters. The molecule has 0 atom stereocenters. The van der Waals surface area contributed by atoms with E-state index in [4.69, 9.17) is 0 Å². The Morgan fingerprint density at radius 2 is 1.04 bits per heavy atom. The molecule has 3 aliphatic rings. The summed E-state index contributed by atoms with van der Waals surface area (Å²) in [5.41, 5.74) is 5.70. The fraction of sp³-hybridized carbons (Fsp3) is 0.182. The maximum absolute atomic E-state index is 4.19. The van der Waals surface area contributed by atoms with Crippen LogP contribution >= 0.6 is 0 Å². The van der Waals surface area contributed by atoms with E-state index in [1.54, 1.807) is 0 Å². The average molecular weight is 475 g/mol. The van der Waals surface area contributed by atoms with Gasteiger partial charge in [0, 0.05) is 0 Å². The van der Waals surface area contributed by atoms with Crippen LogP contribution in [0, 0.1) is 0 Å². The number of aromatic nitrogens is 2. The monoisotopic (exact) mass is 472 g/mol. The predicted octanol–water partition coefficient (Wildman–Crippen LogP) is -0.469. The van der Waals surface area contributed by atoms with Crippen molar-refractivity contribution in [3.8, 4) is 0 Å². The first kappa shape index (κ1) is 20.5. The first-order valence-corrected chi connectivity index (χ1v) is 14.9. The second-order valence-corrected chi connectivity index (χ2v) is 17.8. The molecular formula is C22H20Cl2N2Zr. The van der Waals surface area contributed by atoms with Crippen LogP contribution in [0.4, 0.5) is 0 Å². The second kappa shape index (κ2) is 8.39. The zero-order valence-electron chi connectivity index (χ0n) is 14.9. The van der Waals surface area contributed by atoms with Gasteiger partial charge in [0.05, 0.1) is 0 Å². The number of hydrogen-bond acceptors (Lipinski definition) is 2. The van der Waals surface area contributed by atoms with Crippen LogP contribution in [0.2, 0.25) is 8.26 Å². The quantitative estimate of drug-likeness (QED) is 0.599. The van der Waals surface area contributed by atoms with Crippen LogP contribution in [0.1, 0.15) is 24.0 Å². The van der Waals surface area contributed by atoms with Gasteiger partial charge in [0.25, 0.3) is 0 Å². The van der Waals surface area contributed by atoms with E-state index in [1.807, 2.05) is 31.3 Å². The molecule has 0 amide bonds. The molecule has 2 aromatic heterocycles. The number of rotatable bonds is 4. The molecule has 136 valence electrons. The summed E-state index contributed by atoms with van der Waals surface area (Å²) in [4.78, 5) is 8.39. The van der Waals surface area contributed by atoms with E-state index in [0.29, 0.717) is 0 Å². The van der Waals surface area contributed by atoms with E-state index in [1.165, 1.54) is 43.4 Å². The maximum Gasteiger partial charge on any atom is -1.00 e. The minimum atomic E-state index is -2.38. The molecule has 0 radical (unpaired) electrons. The molecule has 0 aromatic carbocycles. The summed E-state index contributed by atoms with van der Waals surface area (Å²) in [7, 11) is 0. The van der Waals surface area contributed by atoms with Crippen molar-refractivity contribution < 1.29 is 45.1 Å². The van der Waals surface area contributed by atoms with Crippen molar-refractivity contribution in [1.29, 1.82) is 0 Å². The molecule has 0 bridgehead atoms. The molecular weight excluding hydrogens is 454 g/mol. The fourth-order valence-electron chi connectivity index (χ4n) is 4.43. The van der Waals surface area contributed by atoms with Gasteiger partial charge in [-0.05, 0) is 0 Å². The largest absolute Gasteiger partial charge is 1.00 e. The SMILES string of the molecule is C1=CC(c2ccncc2)=[C]([Zr+2]2([C]3=C(c4ccncc4)C=CC3)[CH2][CH2]2)C1.[Cl-].[Cl-]. The molecule has 2 nitrogen and oxygen atoms in total. The predicted molar refractivity (Wildman–Crippen MR) is 99.4 cm³/mol. The van der Waals surface area contributed by atoms with Gasteiger partial charge in [-0.3, -0.25) is 0 Å². The molecule has 5 heteroatoms. The molecule has 1 aliphatic heterocycles. The molecule has 3 heterocycles. The first-order valence-electron chi connectivity index (χ1n) is 9.00. The van der Waals surface area contributed by atoms with Crippen LogP contribution in [-0.2, 0) is 20.3 Å². The van der Waals surface area contributed by atoms with E-state index in [9.17, 15) is 0 Å². The fourth-order valence-corrected chi connectivity index (χ4v) is 18.7. The topological polar surface area (TPSA) is 25.8 Å².